The summed E-state index contributed by atoms with van der Waals surface area (Å²) in [6.07, 6.45) is 3.64. The Bertz CT molecular complexity index is 860. The van der Waals surface area contributed by atoms with Crippen molar-refractivity contribution in [2.75, 3.05) is 43.4 Å². The van der Waals surface area contributed by atoms with E-state index in [1.54, 1.807) is 6.20 Å². The van der Waals surface area contributed by atoms with Crippen molar-refractivity contribution in [2.45, 2.75) is 6.54 Å². The Morgan fingerprint density at radius 3 is 2.52 bits per heavy atom. The fraction of sp³-hybridized carbons (Fsp3) is 0.286. The zero-order valence-electron chi connectivity index (χ0n) is 15.5. The summed E-state index contributed by atoms with van der Waals surface area (Å²) in [4.78, 5) is 18.4. The van der Waals surface area contributed by atoms with Crippen LogP contribution in [-0.2, 0) is 6.54 Å². The normalized spacial score (nSPS) is 14.9. The van der Waals surface area contributed by atoms with Crippen LogP contribution >= 0.6 is 0 Å². The standard InChI is InChI=1S/C21H24N6/c1-26-10-12-27(13-11-26)20-14-19(18-7-3-2-4-8-18)24-21(25-20)23-16-17-6-5-9-22-15-17/h2-9,14-15H,10-13,16H2,1H3,(H,23,24,25). The van der Waals surface area contributed by atoms with Gasteiger partial charge in [-0.1, -0.05) is 36.4 Å². The first kappa shape index (κ1) is 17.4. The van der Waals surface area contributed by atoms with Crippen LogP contribution in [0.15, 0.2) is 60.9 Å². The second kappa shape index (κ2) is 8.14. The molecule has 1 N–H and O–H groups in total. The first-order valence-electron chi connectivity index (χ1n) is 9.29. The van der Waals surface area contributed by atoms with Crippen LogP contribution in [0.25, 0.3) is 11.3 Å². The molecule has 27 heavy (non-hydrogen) atoms. The van der Waals surface area contributed by atoms with Gasteiger partial charge < -0.3 is 15.1 Å². The number of nitrogens with zero attached hydrogens (tertiary/aromatic N) is 5. The van der Waals surface area contributed by atoms with Crippen molar-refractivity contribution in [3.63, 3.8) is 0 Å². The van der Waals surface area contributed by atoms with Crippen LogP contribution in [0.4, 0.5) is 11.8 Å². The third-order valence-electron chi connectivity index (χ3n) is 4.78. The smallest absolute Gasteiger partial charge is 0.225 e. The Hall–Kier alpha value is -2.99. The first-order valence-corrected chi connectivity index (χ1v) is 9.29. The lowest BCUT2D eigenvalue weighted by Gasteiger charge is -2.33. The maximum atomic E-state index is 4.79. The largest absolute Gasteiger partial charge is 0.354 e. The van der Waals surface area contributed by atoms with Gasteiger partial charge in [-0.2, -0.15) is 4.98 Å². The molecule has 1 fully saturated rings. The number of likely N-dealkylation sites (N-methyl/N-ethyl adjacent to an activating group) is 1. The summed E-state index contributed by atoms with van der Waals surface area (Å²) in [6.45, 7) is 4.69. The lowest BCUT2D eigenvalue weighted by Crippen LogP contribution is -2.44. The zero-order chi connectivity index (χ0) is 18.5. The molecule has 6 heteroatoms. The summed E-state index contributed by atoms with van der Waals surface area (Å²) in [6, 6.07) is 16.3. The number of hydrogen-bond acceptors (Lipinski definition) is 6. The highest BCUT2D eigenvalue weighted by Gasteiger charge is 2.17. The van der Waals surface area contributed by atoms with E-state index in [1.807, 2.05) is 36.5 Å². The number of benzene rings is 1. The van der Waals surface area contributed by atoms with E-state index in [2.05, 4.69) is 45.3 Å². The van der Waals surface area contributed by atoms with Gasteiger partial charge in [-0.05, 0) is 18.7 Å². The van der Waals surface area contributed by atoms with E-state index in [-0.39, 0.29) is 0 Å². The number of aromatic nitrogens is 3. The summed E-state index contributed by atoms with van der Waals surface area (Å²) in [5, 5.41) is 3.36. The van der Waals surface area contributed by atoms with Crippen LogP contribution < -0.4 is 10.2 Å². The van der Waals surface area contributed by atoms with Gasteiger partial charge in [0.25, 0.3) is 0 Å². The van der Waals surface area contributed by atoms with E-state index in [4.69, 9.17) is 9.97 Å². The van der Waals surface area contributed by atoms with Crippen LogP contribution in [0.3, 0.4) is 0 Å². The highest BCUT2D eigenvalue weighted by atomic mass is 15.3. The van der Waals surface area contributed by atoms with Crippen molar-refractivity contribution in [3.8, 4) is 11.3 Å². The van der Waals surface area contributed by atoms with E-state index in [0.717, 1.165) is 48.8 Å². The molecule has 6 nitrogen and oxygen atoms in total. The highest BCUT2D eigenvalue weighted by Crippen LogP contribution is 2.24. The Morgan fingerprint density at radius 1 is 0.963 bits per heavy atom. The maximum absolute atomic E-state index is 4.79. The van der Waals surface area contributed by atoms with Crippen molar-refractivity contribution >= 4 is 11.8 Å². The molecule has 1 aliphatic rings. The van der Waals surface area contributed by atoms with Crippen molar-refractivity contribution in [1.29, 1.82) is 0 Å². The summed E-state index contributed by atoms with van der Waals surface area (Å²) < 4.78 is 0. The average molecular weight is 360 g/mol. The van der Waals surface area contributed by atoms with Gasteiger partial charge >= 0.3 is 0 Å². The number of hydrogen-bond donors (Lipinski definition) is 1. The predicted octanol–water partition coefficient (Wildman–Crippen LogP) is 2.90. The quantitative estimate of drug-likeness (QED) is 0.755. The molecule has 3 heterocycles. The van der Waals surface area contributed by atoms with Gasteiger partial charge in [0.1, 0.15) is 5.82 Å². The third kappa shape index (κ3) is 4.41. The fourth-order valence-corrected chi connectivity index (χ4v) is 3.15. The first-order chi connectivity index (χ1) is 13.3. The van der Waals surface area contributed by atoms with Gasteiger partial charge in [0, 0.05) is 56.7 Å². The minimum Gasteiger partial charge on any atom is -0.354 e. The summed E-state index contributed by atoms with van der Waals surface area (Å²) in [7, 11) is 2.16. The third-order valence-corrected chi connectivity index (χ3v) is 4.78. The molecule has 1 aliphatic heterocycles. The minimum atomic E-state index is 0.647. The predicted molar refractivity (Wildman–Crippen MR) is 109 cm³/mol. The van der Waals surface area contributed by atoms with Gasteiger partial charge in [-0.25, -0.2) is 4.98 Å². The average Bonchev–Trinajstić information content (AvgIpc) is 2.74. The Kier molecular flexibility index (Phi) is 5.25. The van der Waals surface area contributed by atoms with Gasteiger partial charge in [-0.3, -0.25) is 4.98 Å². The summed E-state index contributed by atoms with van der Waals surface area (Å²) in [5.41, 5.74) is 3.14. The monoisotopic (exact) mass is 360 g/mol. The molecule has 0 bridgehead atoms. The fourth-order valence-electron chi connectivity index (χ4n) is 3.15. The van der Waals surface area contributed by atoms with Crippen molar-refractivity contribution in [1.82, 2.24) is 19.9 Å². The molecule has 0 radical (unpaired) electrons. The number of anilines is 2. The maximum Gasteiger partial charge on any atom is 0.225 e. The Balaban J connectivity index is 1.62. The van der Waals surface area contributed by atoms with Crippen molar-refractivity contribution in [2.24, 2.45) is 0 Å². The second-order valence-electron chi connectivity index (χ2n) is 6.81. The SMILES string of the molecule is CN1CCN(c2cc(-c3ccccc3)nc(NCc3cccnc3)n2)CC1. The van der Waals surface area contributed by atoms with E-state index in [1.165, 1.54) is 0 Å². The topological polar surface area (TPSA) is 57.2 Å². The number of piperazine rings is 1. The van der Waals surface area contributed by atoms with Gasteiger partial charge in [0.2, 0.25) is 5.95 Å². The van der Waals surface area contributed by atoms with Crippen LogP contribution in [0.5, 0.6) is 0 Å². The minimum absolute atomic E-state index is 0.647. The molecule has 0 atom stereocenters. The molecule has 0 unspecified atom stereocenters. The van der Waals surface area contributed by atoms with E-state index >= 15 is 0 Å². The number of nitrogens with one attached hydrogen (secondary N) is 1. The van der Waals surface area contributed by atoms with Crippen LogP contribution in [0.2, 0.25) is 0 Å². The molecule has 1 saturated heterocycles. The van der Waals surface area contributed by atoms with Gasteiger partial charge in [-0.15, -0.1) is 0 Å². The molecule has 0 spiro atoms. The molecule has 2 aromatic heterocycles. The Morgan fingerprint density at radius 2 is 1.78 bits per heavy atom. The molecule has 138 valence electrons. The van der Waals surface area contributed by atoms with Crippen molar-refractivity contribution in [3.05, 3.63) is 66.5 Å². The van der Waals surface area contributed by atoms with Gasteiger partial charge in [0.05, 0.1) is 5.69 Å². The molecule has 3 aromatic rings. The lowest BCUT2D eigenvalue weighted by atomic mass is 10.1. The van der Waals surface area contributed by atoms with E-state index < -0.39 is 0 Å². The molecule has 0 amide bonds. The van der Waals surface area contributed by atoms with E-state index in [0.29, 0.717) is 12.5 Å². The van der Waals surface area contributed by atoms with Crippen LogP contribution in [0.1, 0.15) is 5.56 Å². The molecular weight excluding hydrogens is 336 g/mol. The van der Waals surface area contributed by atoms with Crippen LogP contribution in [-0.4, -0.2) is 53.1 Å². The van der Waals surface area contributed by atoms with E-state index in [9.17, 15) is 0 Å². The summed E-state index contributed by atoms with van der Waals surface area (Å²) in [5.74, 6) is 1.62. The number of rotatable bonds is 5. The highest BCUT2D eigenvalue weighted by molar-refractivity contribution is 5.65. The van der Waals surface area contributed by atoms with Crippen molar-refractivity contribution < 1.29 is 0 Å². The second-order valence-corrected chi connectivity index (χ2v) is 6.81. The number of pyridine rings is 1. The lowest BCUT2D eigenvalue weighted by molar-refractivity contribution is 0.312. The van der Waals surface area contributed by atoms with Crippen LogP contribution in [0, 0.1) is 0 Å². The zero-order valence-corrected chi connectivity index (χ0v) is 15.5. The Labute approximate surface area is 159 Å². The molecule has 1 aromatic carbocycles. The molecular formula is C21H24N6. The molecule has 0 aliphatic carbocycles. The molecule has 4 rings (SSSR count). The molecule has 0 saturated carbocycles. The van der Waals surface area contributed by atoms with Gasteiger partial charge in [0.15, 0.2) is 0 Å². The summed E-state index contributed by atoms with van der Waals surface area (Å²) >= 11 is 0.